The zero-order valence-electron chi connectivity index (χ0n) is 15.4. The average Bonchev–Trinajstić information content (AvgIpc) is 2.67. The van der Waals surface area contributed by atoms with Crippen LogP contribution in [0.4, 0.5) is 10.7 Å². The van der Waals surface area contributed by atoms with Crippen LogP contribution in [-0.2, 0) is 0 Å². The lowest BCUT2D eigenvalue weighted by Gasteiger charge is -2.37. The summed E-state index contributed by atoms with van der Waals surface area (Å²) in [5, 5.41) is 3.15. The van der Waals surface area contributed by atoms with Crippen molar-refractivity contribution in [3.63, 3.8) is 0 Å². The number of piperidine rings is 1. The summed E-state index contributed by atoms with van der Waals surface area (Å²) in [6.45, 7) is 10.5. The number of carbonyl (C=O) groups is 1. The molecule has 25 heavy (non-hydrogen) atoms. The molecule has 2 aliphatic heterocycles. The summed E-state index contributed by atoms with van der Waals surface area (Å²) in [6, 6.07) is 2.47. The third-order valence-corrected chi connectivity index (χ3v) is 5.22. The van der Waals surface area contributed by atoms with Gasteiger partial charge in [-0.2, -0.15) is 0 Å². The molecular weight excluding hydrogens is 316 g/mol. The molecule has 0 aliphatic carbocycles. The van der Waals surface area contributed by atoms with E-state index < -0.39 is 0 Å². The van der Waals surface area contributed by atoms with E-state index in [1.54, 1.807) is 12.4 Å². The number of rotatable bonds is 4. The van der Waals surface area contributed by atoms with E-state index in [0.717, 1.165) is 32.1 Å². The minimum atomic E-state index is 0.0651. The Morgan fingerprint density at radius 3 is 2.60 bits per heavy atom. The van der Waals surface area contributed by atoms with Crippen LogP contribution in [0.2, 0.25) is 0 Å². The Morgan fingerprint density at radius 2 is 1.92 bits per heavy atom. The van der Waals surface area contributed by atoms with E-state index in [1.165, 1.54) is 19.4 Å². The summed E-state index contributed by atoms with van der Waals surface area (Å²) in [7, 11) is 0. The number of carbonyl (C=O) groups excluding carboxylic acids is 1. The molecule has 1 atom stereocenters. The van der Waals surface area contributed by atoms with Crippen LogP contribution in [0.25, 0.3) is 0 Å². The van der Waals surface area contributed by atoms with E-state index in [9.17, 15) is 4.79 Å². The second-order valence-electron chi connectivity index (χ2n) is 7.31. The number of aromatic nitrogens is 2. The number of hydrogen-bond donors (Lipinski definition) is 1. The maximum absolute atomic E-state index is 12.5. The highest BCUT2D eigenvalue weighted by atomic mass is 16.2. The molecule has 3 rings (SSSR count). The van der Waals surface area contributed by atoms with Crippen LogP contribution in [0.1, 0.15) is 26.7 Å². The predicted octanol–water partition coefficient (Wildman–Crippen LogP) is 1.43. The van der Waals surface area contributed by atoms with Gasteiger partial charge in [-0.05, 0) is 45.2 Å². The van der Waals surface area contributed by atoms with Crippen molar-refractivity contribution >= 4 is 12.0 Å². The summed E-state index contributed by atoms with van der Waals surface area (Å²) >= 11 is 0. The molecule has 1 unspecified atom stereocenters. The second kappa shape index (κ2) is 8.47. The van der Waals surface area contributed by atoms with Crippen LogP contribution in [-0.4, -0.2) is 77.7 Å². The van der Waals surface area contributed by atoms with Gasteiger partial charge in [0.25, 0.3) is 0 Å². The molecule has 2 aliphatic rings. The fraction of sp³-hybridized carbons (Fsp3) is 0.722. The molecule has 7 nitrogen and oxygen atoms in total. The van der Waals surface area contributed by atoms with Crippen molar-refractivity contribution in [3.8, 4) is 0 Å². The van der Waals surface area contributed by atoms with E-state index >= 15 is 0 Å². The first-order valence-electron chi connectivity index (χ1n) is 9.42. The normalized spacial score (nSPS) is 22.3. The molecule has 0 spiro atoms. The zero-order valence-corrected chi connectivity index (χ0v) is 15.4. The van der Waals surface area contributed by atoms with Crippen molar-refractivity contribution in [3.05, 3.63) is 18.5 Å². The number of likely N-dealkylation sites (tertiary alicyclic amines) is 1. The van der Waals surface area contributed by atoms with Gasteiger partial charge >= 0.3 is 6.03 Å². The molecule has 1 aromatic heterocycles. The standard InChI is InChI=1S/C18H30N6O/c1-15(2)24-8-3-5-16(14-24)13-21-18(25)23-11-9-22(10-12-23)17-19-6-4-7-20-17/h4,6-7,15-16H,3,5,8-14H2,1-2H3,(H,21,25). The minimum absolute atomic E-state index is 0.0651. The highest BCUT2D eigenvalue weighted by molar-refractivity contribution is 5.74. The van der Waals surface area contributed by atoms with E-state index in [1.807, 2.05) is 11.0 Å². The molecule has 0 radical (unpaired) electrons. The van der Waals surface area contributed by atoms with Crippen LogP contribution < -0.4 is 10.2 Å². The number of amides is 2. The summed E-state index contributed by atoms with van der Waals surface area (Å²) in [4.78, 5) is 27.6. The predicted molar refractivity (Wildman–Crippen MR) is 98.6 cm³/mol. The second-order valence-corrected chi connectivity index (χ2v) is 7.31. The van der Waals surface area contributed by atoms with E-state index in [-0.39, 0.29) is 6.03 Å². The summed E-state index contributed by atoms with van der Waals surface area (Å²) in [5.74, 6) is 1.32. The Labute approximate surface area is 150 Å². The van der Waals surface area contributed by atoms with Crippen molar-refractivity contribution in [2.24, 2.45) is 5.92 Å². The lowest BCUT2D eigenvalue weighted by Crippen LogP contribution is -2.53. The maximum atomic E-state index is 12.5. The van der Waals surface area contributed by atoms with E-state index in [4.69, 9.17) is 0 Å². The number of nitrogens with one attached hydrogen (secondary N) is 1. The highest BCUT2D eigenvalue weighted by Gasteiger charge is 2.25. The van der Waals surface area contributed by atoms with Gasteiger partial charge in [0.15, 0.2) is 0 Å². The lowest BCUT2D eigenvalue weighted by molar-refractivity contribution is 0.136. The topological polar surface area (TPSA) is 64.6 Å². The molecule has 0 aromatic carbocycles. The molecule has 1 N–H and O–H groups in total. The fourth-order valence-electron chi connectivity index (χ4n) is 3.64. The number of anilines is 1. The maximum Gasteiger partial charge on any atom is 0.317 e. The Balaban J connectivity index is 1.41. The molecule has 2 fully saturated rings. The quantitative estimate of drug-likeness (QED) is 0.893. The van der Waals surface area contributed by atoms with Gasteiger partial charge in [0.05, 0.1) is 0 Å². The van der Waals surface area contributed by atoms with Crippen LogP contribution in [0.3, 0.4) is 0 Å². The van der Waals surface area contributed by atoms with Crippen LogP contribution >= 0.6 is 0 Å². The molecule has 0 saturated carbocycles. The molecule has 2 amide bonds. The van der Waals surface area contributed by atoms with Crippen molar-refractivity contribution in [1.82, 2.24) is 25.1 Å². The van der Waals surface area contributed by atoms with Gasteiger partial charge in [-0.15, -0.1) is 0 Å². The van der Waals surface area contributed by atoms with Gasteiger partial charge in [0.1, 0.15) is 0 Å². The monoisotopic (exact) mass is 346 g/mol. The molecule has 0 bridgehead atoms. The SMILES string of the molecule is CC(C)N1CCCC(CNC(=O)N2CCN(c3ncccn3)CC2)C1. The van der Waals surface area contributed by atoms with Gasteiger partial charge in [-0.1, -0.05) is 0 Å². The highest BCUT2D eigenvalue weighted by Crippen LogP contribution is 2.18. The molecule has 138 valence electrons. The van der Waals surface area contributed by atoms with Gasteiger partial charge < -0.3 is 20.0 Å². The molecular formula is C18H30N6O. The Kier molecular flexibility index (Phi) is 6.07. The van der Waals surface area contributed by atoms with Crippen molar-refractivity contribution in [2.75, 3.05) is 50.7 Å². The van der Waals surface area contributed by atoms with Gasteiger partial charge in [-0.25, -0.2) is 14.8 Å². The van der Waals surface area contributed by atoms with Gasteiger partial charge in [-0.3, -0.25) is 0 Å². The zero-order chi connectivity index (χ0) is 17.6. The smallest absolute Gasteiger partial charge is 0.317 e. The number of nitrogens with zero attached hydrogens (tertiary/aromatic N) is 5. The lowest BCUT2D eigenvalue weighted by atomic mass is 9.97. The molecule has 3 heterocycles. The average molecular weight is 346 g/mol. The summed E-state index contributed by atoms with van der Waals surface area (Å²) in [5.41, 5.74) is 0. The van der Waals surface area contributed by atoms with E-state index in [2.05, 4.69) is 38.9 Å². The Morgan fingerprint density at radius 1 is 1.20 bits per heavy atom. The number of urea groups is 1. The third kappa shape index (κ3) is 4.81. The first-order chi connectivity index (χ1) is 12.1. The number of hydrogen-bond acceptors (Lipinski definition) is 5. The van der Waals surface area contributed by atoms with Crippen molar-refractivity contribution < 1.29 is 4.79 Å². The summed E-state index contributed by atoms with van der Waals surface area (Å²) < 4.78 is 0. The largest absolute Gasteiger partial charge is 0.338 e. The fourth-order valence-corrected chi connectivity index (χ4v) is 3.64. The van der Waals surface area contributed by atoms with Crippen LogP contribution in [0, 0.1) is 5.92 Å². The Hall–Kier alpha value is -1.89. The van der Waals surface area contributed by atoms with Crippen molar-refractivity contribution in [2.45, 2.75) is 32.7 Å². The van der Waals surface area contributed by atoms with Gasteiger partial charge in [0.2, 0.25) is 5.95 Å². The Bertz CT molecular complexity index is 544. The number of piperazine rings is 1. The molecule has 7 heteroatoms. The van der Waals surface area contributed by atoms with E-state index in [0.29, 0.717) is 25.0 Å². The summed E-state index contributed by atoms with van der Waals surface area (Å²) in [6.07, 6.45) is 5.95. The van der Waals surface area contributed by atoms with Crippen LogP contribution in [0.5, 0.6) is 0 Å². The first-order valence-corrected chi connectivity index (χ1v) is 9.42. The third-order valence-electron chi connectivity index (χ3n) is 5.22. The van der Waals surface area contributed by atoms with Crippen LogP contribution in [0.15, 0.2) is 18.5 Å². The van der Waals surface area contributed by atoms with Gasteiger partial charge in [0, 0.05) is 57.7 Å². The first kappa shape index (κ1) is 17.9. The van der Waals surface area contributed by atoms with Crippen molar-refractivity contribution in [1.29, 1.82) is 0 Å². The minimum Gasteiger partial charge on any atom is -0.338 e. The molecule has 2 saturated heterocycles. The molecule has 1 aromatic rings.